The first kappa shape index (κ1) is 18.3. The van der Waals surface area contributed by atoms with Crippen LogP contribution in [-0.4, -0.2) is 30.8 Å². The van der Waals surface area contributed by atoms with Crippen molar-refractivity contribution in [3.8, 4) is 0 Å². The molecule has 2 aromatic rings. The average Bonchev–Trinajstić information content (AvgIpc) is 3.00. The van der Waals surface area contributed by atoms with E-state index in [9.17, 15) is 9.59 Å². The van der Waals surface area contributed by atoms with E-state index in [2.05, 4.69) is 0 Å². The third-order valence-corrected chi connectivity index (χ3v) is 5.09. The van der Waals surface area contributed by atoms with Crippen LogP contribution in [0.1, 0.15) is 18.1 Å². The quantitative estimate of drug-likeness (QED) is 0.456. The van der Waals surface area contributed by atoms with Crippen molar-refractivity contribution in [1.82, 2.24) is 0 Å². The lowest BCUT2D eigenvalue weighted by atomic mass is 10.1. The van der Waals surface area contributed by atoms with E-state index >= 15 is 0 Å². The van der Waals surface area contributed by atoms with E-state index in [0.717, 1.165) is 28.1 Å². The van der Waals surface area contributed by atoms with Crippen molar-refractivity contribution in [2.75, 3.05) is 17.8 Å². The van der Waals surface area contributed by atoms with Crippen molar-refractivity contribution in [3.05, 3.63) is 65.7 Å². The smallest absolute Gasteiger partial charge is 0.331 e. The molecular weight excluding hydrogens is 346 g/mol. The zero-order valence-corrected chi connectivity index (χ0v) is 15.7. The number of ether oxygens (including phenoxy) is 1. The molecule has 1 aliphatic rings. The molecule has 0 saturated heterocycles. The molecule has 26 heavy (non-hydrogen) atoms. The van der Waals surface area contributed by atoms with E-state index in [1.807, 2.05) is 61.7 Å². The number of anilines is 1. The second-order valence-corrected chi connectivity index (χ2v) is 7.04. The fourth-order valence-electron chi connectivity index (χ4n) is 3.08. The van der Waals surface area contributed by atoms with Gasteiger partial charge in [-0.1, -0.05) is 30.3 Å². The number of para-hydroxylation sites is 1. The molecule has 1 heterocycles. The number of hydrogen-bond donors (Lipinski definition) is 0. The van der Waals surface area contributed by atoms with Crippen molar-refractivity contribution in [2.24, 2.45) is 0 Å². The Kier molecular flexibility index (Phi) is 5.78. The summed E-state index contributed by atoms with van der Waals surface area (Å²) in [6, 6.07) is 15.8. The fraction of sp³-hybridized carbons (Fsp3) is 0.238. The summed E-state index contributed by atoms with van der Waals surface area (Å²) < 4.78 is 5.13. The molecule has 0 N–H and O–H groups in total. The van der Waals surface area contributed by atoms with Crippen LogP contribution in [0.3, 0.4) is 0 Å². The number of hydrogen-bond acceptors (Lipinski definition) is 4. The number of carbonyl (C=O) groups excluding carboxylic acids is 2. The Morgan fingerprint density at radius 2 is 1.92 bits per heavy atom. The van der Waals surface area contributed by atoms with Gasteiger partial charge in [0.15, 0.2) is 6.61 Å². The Labute approximate surface area is 157 Å². The van der Waals surface area contributed by atoms with Gasteiger partial charge in [-0.15, -0.1) is 11.8 Å². The van der Waals surface area contributed by atoms with Gasteiger partial charge in [-0.2, -0.15) is 0 Å². The molecule has 0 aromatic heterocycles. The Morgan fingerprint density at radius 3 is 2.65 bits per heavy atom. The van der Waals surface area contributed by atoms with Gasteiger partial charge >= 0.3 is 5.97 Å². The van der Waals surface area contributed by atoms with Crippen LogP contribution in [0.4, 0.5) is 5.69 Å². The zero-order chi connectivity index (χ0) is 18.5. The predicted molar refractivity (Wildman–Crippen MR) is 105 cm³/mol. The maximum Gasteiger partial charge on any atom is 0.331 e. The van der Waals surface area contributed by atoms with Crippen LogP contribution in [0.5, 0.6) is 0 Å². The summed E-state index contributed by atoms with van der Waals surface area (Å²) in [7, 11) is 0. The maximum absolute atomic E-state index is 12.5. The molecule has 0 saturated carbocycles. The summed E-state index contributed by atoms with van der Waals surface area (Å²) in [5, 5.41) is 0. The normalized spacial score (nSPS) is 15.9. The molecule has 0 radical (unpaired) electrons. The number of rotatable bonds is 5. The predicted octanol–water partition coefficient (Wildman–Crippen LogP) is 3.94. The molecule has 4 nitrogen and oxygen atoms in total. The van der Waals surface area contributed by atoms with E-state index < -0.39 is 5.97 Å². The molecule has 1 amide bonds. The van der Waals surface area contributed by atoms with Gasteiger partial charge in [-0.3, -0.25) is 4.79 Å². The Balaban J connectivity index is 1.55. The highest BCUT2D eigenvalue weighted by atomic mass is 32.2. The van der Waals surface area contributed by atoms with Gasteiger partial charge in [-0.25, -0.2) is 4.79 Å². The van der Waals surface area contributed by atoms with Crippen LogP contribution >= 0.6 is 11.8 Å². The van der Waals surface area contributed by atoms with E-state index in [-0.39, 0.29) is 18.6 Å². The van der Waals surface area contributed by atoms with Crippen LogP contribution in [0.2, 0.25) is 0 Å². The minimum Gasteiger partial charge on any atom is -0.452 e. The third-order valence-electron chi connectivity index (χ3n) is 4.34. The summed E-state index contributed by atoms with van der Waals surface area (Å²) in [5.74, 6) is -0.721. The van der Waals surface area contributed by atoms with Gasteiger partial charge in [0.1, 0.15) is 0 Å². The van der Waals surface area contributed by atoms with Crippen molar-refractivity contribution in [3.63, 3.8) is 0 Å². The number of esters is 1. The van der Waals surface area contributed by atoms with E-state index in [1.54, 1.807) is 22.7 Å². The molecule has 0 spiro atoms. The van der Waals surface area contributed by atoms with Crippen LogP contribution < -0.4 is 4.90 Å². The van der Waals surface area contributed by atoms with Crippen LogP contribution in [0, 0.1) is 0 Å². The summed E-state index contributed by atoms with van der Waals surface area (Å²) in [6.07, 6.45) is 5.87. The number of carbonyl (C=O) groups is 2. The monoisotopic (exact) mass is 367 g/mol. The number of fused-ring (bicyclic) bond motifs is 1. The highest BCUT2D eigenvalue weighted by Crippen LogP contribution is 2.31. The van der Waals surface area contributed by atoms with E-state index in [1.165, 1.54) is 6.08 Å². The SMILES string of the molecule is CSc1ccc(C=CC(=O)OCC(=O)N2c3ccccc3CC2C)cc1. The van der Waals surface area contributed by atoms with Crippen molar-refractivity contribution < 1.29 is 14.3 Å². The zero-order valence-electron chi connectivity index (χ0n) is 14.8. The summed E-state index contributed by atoms with van der Waals surface area (Å²) >= 11 is 1.66. The first-order chi connectivity index (χ1) is 12.6. The minimum absolute atomic E-state index is 0.0732. The molecular formula is C21H21NO3S. The second kappa shape index (κ2) is 8.23. The largest absolute Gasteiger partial charge is 0.452 e. The summed E-state index contributed by atoms with van der Waals surface area (Å²) in [6.45, 7) is 1.74. The average molecular weight is 367 g/mol. The number of amides is 1. The number of thioether (sulfide) groups is 1. The Bertz CT molecular complexity index is 829. The van der Waals surface area contributed by atoms with Gasteiger partial charge in [0, 0.05) is 22.7 Å². The van der Waals surface area contributed by atoms with Gasteiger partial charge in [-0.05, 0) is 55.0 Å². The highest BCUT2D eigenvalue weighted by molar-refractivity contribution is 7.98. The first-order valence-corrected chi connectivity index (χ1v) is 9.70. The number of benzene rings is 2. The van der Waals surface area contributed by atoms with E-state index in [0.29, 0.717) is 0 Å². The van der Waals surface area contributed by atoms with Crippen LogP contribution in [0.25, 0.3) is 6.08 Å². The summed E-state index contributed by atoms with van der Waals surface area (Å²) in [4.78, 5) is 27.3. The van der Waals surface area contributed by atoms with Gasteiger partial charge in [0.25, 0.3) is 5.91 Å². The van der Waals surface area contributed by atoms with Crippen molar-refractivity contribution >= 4 is 35.4 Å². The molecule has 1 unspecified atom stereocenters. The lowest BCUT2D eigenvalue weighted by Gasteiger charge is -2.22. The molecule has 0 fully saturated rings. The number of nitrogens with zero attached hydrogens (tertiary/aromatic N) is 1. The van der Waals surface area contributed by atoms with Crippen LogP contribution in [0.15, 0.2) is 59.5 Å². The molecule has 0 bridgehead atoms. The van der Waals surface area contributed by atoms with Gasteiger partial charge in [0.05, 0.1) is 0 Å². The third kappa shape index (κ3) is 4.17. The molecule has 0 aliphatic carbocycles. The lowest BCUT2D eigenvalue weighted by Crippen LogP contribution is -2.38. The minimum atomic E-state index is -0.521. The molecule has 1 aliphatic heterocycles. The first-order valence-electron chi connectivity index (χ1n) is 8.47. The van der Waals surface area contributed by atoms with E-state index in [4.69, 9.17) is 4.74 Å². The lowest BCUT2D eigenvalue weighted by molar-refractivity contribution is -0.143. The molecule has 2 aromatic carbocycles. The van der Waals surface area contributed by atoms with Crippen molar-refractivity contribution in [1.29, 1.82) is 0 Å². The molecule has 134 valence electrons. The topological polar surface area (TPSA) is 46.6 Å². The Hall–Kier alpha value is -2.53. The van der Waals surface area contributed by atoms with Gasteiger partial charge in [0.2, 0.25) is 0 Å². The van der Waals surface area contributed by atoms with Crippen molar-refractivity contribution in [2.45, 2.75) is 24.3 Å². The highest BCUT2D eigenvalue weighted by Gasteiger charge is 2.30. The standard InChI is InChI=1S/C21H21NO3S/c1-15-13-17-5-3-4-6-19(17)22(15)20(23)14-25-21(24)12-9-16-7-10-18(26-2)11-8-16/h3-12,15H,13-14H2,1-2H3. The molecule has 5 heteroatoms. The fourth-order valence-corrected chi connectivity index (χ4v) is 3.48. The maximum atomic E-state index is 12.5. The van der Waals surface area contributed by atoms with Crippen LogP contribution in [-0.2, 0) is 20.7 Å². The molecule has 1 atom stereocenters. The summed E-state index contributed by atoms with van der Waals surface area (Å²) in [5.41, 5.74) is 2.96. The molecule has 3 rings (SSSR count). The second-order valence-electron chi connectivity index (χ2n) is 6.16. The van der Waals surface area contributed by atoms with Gasteiger partial charge < -0.3 is 9.64 Å². The Morgan fingerprint density at radius 1 is 1.19 bits per heavy atom.